The van der Waals surface area contributed by atoms with Crippen LogP contribution in [0.3, 0.4) is 0 Å². The van der Waals surface area contributed by atoms with Gasteiger partial charge < -0.3 is 28.9 Å². The molecule has 3 aromatic rings. The number of hydroxylamine groups is 1. The highest BCUT2D eigenvalue weighted by molar-refractivity contribution is 6.12. The van der Waals surface area contributed by atoms with Crippen LogP contribution in [0.5, 0.6) is 0 Å². The largest absolute Gasteiger partial charge is 0.623 e. The van der Waals surface area contributed by atoms with Gasteiger partial charge in [0.15, 0.2) is 36.3 Å². The Morgan fingerprint density at radius 3 is 2.12 bits per heavy atom. The van der Waals surface area contributed by atoms with Crippen LogP contribution in [0.4, 0.5) is 0 Å². The summed E-state index contributed by atoms with van der Waals surface area (Å²) in [5, 5.41) is 18.1. The lowest BCUT2D eigenvalue weighted by Crippen LogP contribution is -2.47. The summed E-state index contributed by atoms with van der Waals surface area (Å²) in [6.07, 6.45) is -0.504. The molecule has 3 heterocycles. The Kier molecular flexibility index (Phi) is 4.99. The van der Waals surface area contributed by atoms with E-state index in [4.69, 9.17) is 23.7 Å². The lowest BCUT2D eigenvalue weighted by molar-refractivity contribution is -0.516. The van der Waals surface area contributed by atoms with E-state index in [9.17, 15) is 5.21 Å². The summed E-state index contributed by atoms with van der Waals surface area (Å²) in [6.45, 7) is 7.71. The highest BCUT2D eigenvalue weighted by Gasteiger charge is 2.62. The highest BCUT2D eigenvalue weighted by Crippen LogP contribution is 2.42. The summed E-state index contributed by atoms with van der Waals surface area (Å²) in [6, 6.07) is 17.7. The molecule has 0 amide bonds. The third-order valence-corrected chi connectivity index (χ3v) is 6.81. The van der Waals surface area contributed by atoms with Crippen molar-refractivity contribution >= 4 is 27.8 Å². The van der Waals surface area contributed by atoms with Crippen molar-refractivity contribution in [3.63, 3.8) is 0 Å². The zero-order valence-corrected chi connectivity index (χ0v) is 19.8. The van der Waals surface area contributed by atoms with Crippen molar-refractivity contribution in [1.82, 2.24) is 0 Å². The van der Waals surface area contributed by atoms with Crippen LogP contribution in [0, 0.1) is 5.21 Å². The Balaban J connectivity index is 1.46. The Morgan fingerprint density at radius 1 is 0.853 bits per heavy atom. The molecule has 0 bridgehead atoms. The van der Waals surface area contributed by atoms with Crippen molar-refractivity contribution < 1.29 is 28.4 Å². The first-order valence-corrected chi connectivity index (χ1v) is 11.7. The predicted molar refractivity (Wildman–Crippen MR) is 128 cm³/mol. The minimum atomic E-state index is -0.835. The van der Waals surface area contributed by atoms with E-state index in [1.54, 1.807) is 6.21 Å². The van der Waals surface area contributed by atoms with Crippen LogP contribution in [0.1, 0.15) is 33.3 Å². The van der Waals surface area contributed by atoms with E-state index in [1.165, 1.54) is 0 Å². The van der Waals surface area contributed by atoms with Crippen LogP contribution in [0.15, 0.2) is 54.6 Å². The van der Waals surface area contributed by atoms with Gasteiger partial charge in [0.2, 0.25) is 6.04 Å². The molecular weight excluding hydrogens is 434 g/mol. The van der Waals surface area contributed by atoms with Crippen molar-refractivity contribution in [3.8, 4) is 0 Å². The maximum Gasteiger partial charge on any atom is 0.222 e. The average Bonchev–Trinajstić information content (AvgIpc) is 3.41. The maximum absolute atomic E-state index is 13.9. The number of benzene rings is 3. The molecule has 0 aliphatic carbocycles. The van der Waals surface area contributed by atoms with Gasteiger partial charge in [0.25, 0.3) is 0 Å². The number of fused-ring (bicyclic) bond motifs is 3. The summed E-state index contributed by atoms with van der Waals surface area (Å²) >= 11 is 0. The van der Waals surface area contributed by atoms with Gasteiger partial charge in [-0.05, 0) is 55.3 Å². The van der Waals surface area contributed by atoms with E-state index >= 15 is 0 Å². The molecule has 3 aromatic carbocycles. The van der Waals surface area contributed by atoms with Gasteiger partial charge >= 0.3 is 0 Å². The van der Waals surface area contributed by atoms with E-state index in [0.29, 0.717) is 6.61 Å². The fraction of sp³-hybridized carbons (Fsp3) is 0.444. The SMILES string of the molecule is CC1(C)O[C@H]2O[C@H]([C@H]3COC(C)(C)O3)[C@@H](/[N+]([O-])=C/c3c4ccccc4cc4ccccc34)[C@H]2O1. The summed E-state index contributed by atoms with van der Waals surface area (Å²) in [5.41, 5.74) is 0.869. The summed E-state index contributed by atoms with van der Waals surface area (Å²) in [7, 11) is 0. The number of ether oxygens (including phenoxy) is 5. The normalized spacial score (nSPS) is 32.5. The van der Waals surface area contributed by atoms with Gasteiger partial charge in [0.1, 0.15) is 6.10 Å². The van der Waals surface area contributed by atoms with E-state index in [2.05, 4.69) is 18.2 Å². The van der Waals surface area contributed by atoms with E-state index in [0.717, 1.165) is 31.8 Å². The number of hydrogen-bond acceptors (Lipinski definition) is 6. The maximum atomic E-state index is 13.9. The fourth-order valence-corrected chi connectivity index (χ4v) is 5.39. The Bertz CT molecular complexity index is 1230. The third-order valence-electron chi connectivity index (χ3n) is 6.81. The van der Waals surface area contributed by atoms with Crippen molar-refractivity contribution in [3.05, 3.63) is 65.4 Å². The topological polar surface area (TPSA) is 72.2 Å². The van der Waals surface area contributed by atoms with Crippen molar-refractivity contribution in [2.45, 2.75) is 69.9 Å². The molecule has 6 rings (SSSR count). The first kappa shape index (κ1) is 21.9. The highest BCUT2D eigenvalue weighted by atomic mass is 16.8. The molecule has 34 heavy (non-hydrogen) atoms. The van der Waals surface area contributed by atoms with Crippen LogP contribution in [0.2, 0.25) is 0 Å². The van der Waals surface area contributed by atoms with Gasteiger partial charge in [-0.25, -0.2) is 4.74 Å². The Labute approximate surface area is 198 Å². The van der Waals surface area contributed by atoms with Crippen LogP contribution in [-0.4, -0.2) is 59.8 Å². The molecule has 7 heteroatoms. The summed E-state index contributed by atoms with van der Waals surface area (Å²) in [4.78, 5) is 0. The average molecular weight is 464 g/mol. The quantitative estimate of drug-likeness (QED) is 0.189. The number of nitrogens with zero attached hydrogens (tertiary/aromatic N) is 1. The molecule has 0 radical (unpaired) electrons. The lowest BCUT2D eigenvalue weighted by atomic mass is 9.97. The monoisotopic (exact) mass is 463 g/mol. The molecule has 3 saturated heterocycles. The standard InChI is InChI=1S/C27H29NO6/c1-26(2)30-15-21(32-26)23-22(24-25(31-23)34-27(3,4)33-24)28(29)14-20-18-11-7-5-9-16(18)13-17-10-6-8-12-19(17)20/h5-14,21-25H,15H2,1-4H3/b28-14-/t21-,22-,23-,24-,25-/m1/s1. The molecular formula is C27H29NO6. The fourth-order valence-electron chi connectivity index (χ4n) is 5.39. The van der Waals surface area contributed by atoms with Gasteiger partial charge in [0.05, 0.1) is 12.2 Å². The van der Waals surface area contributed by atoms with E-state index < -0.39 is 42.2 Å². The van der Waals surface area contributed by atoms with Crippen LogP contribution in [0.25, 0.3) is 21.5 Å². The number of rotatable bonds is 3. The first-order valence-electron chi connectivity index (χ1n) is 11.7. The second kappa shape index (κ2) is 7.73. The molecule has 7 nitrogen and oxygen atoms in total. The Hall–Kier alpha value is -2.55. The summed E-state index contributed by atoms with van der Waals surface area (Å²) in [5.74, 6) is -1.57. The second-order valence-corrected chi connectivity index (χ2v) is 10.1. The second-order valence-electron chi connectivity index (χ2n) is 10.1. The third kappa shape index (κ3) is 3.68. The van der Waals surface area contributed by atoms with Gasteiger partial charge in [0, 0.05) is 0 Å². The van der Waals surface area contributed by atoms with E-state index in [-0.39, 0.29) is 0 Å². The van der Waals surface area contributed by atoms with Gasteiger partial charge in [-0.2, -0.15) is 0 Å². The molecule has 5 atom stereocenters. The first-order chi connectivity index (χ1) is 16.2. The minimum absolute atomic E-state index is 0.335. The molecule has 0 N–H and O–H groups in total. The van der Waals surface area contributed by atoms with Gasteiger partial charge in [-0.3, -0.25) is 0 Å². The molecule has 0 saturated carbocycles. The Morgan fingerprint density at radius 2 is 1.50 bits per heavy atom. The molecule has 0 aromatic heterocycles. The zero-order chi connectivity index (χ0) is 23.7. The van der Waals surface area contributed by atoms with E-state index in [1.807, 2.05) is 64.1 Å². The van der Waals surface area contributed by atoms with Crippen molar-refractivity contribution in [2.75, 3.05) is 6.61 Å². The predicted octanol–water partition coefficient (Wildman–Crippen LogP) is 4.32. The zero-order valence-electron chi connectivity index (χ0n) is 19.8. The van der Waals surface area contributed by atoms with Gasteiger partial charge in [-0.15, -0.1) is 0 Å². The minimum Gasteiger partial charge on any atom is -0.623 e. The van der Waals surface area contributed by atoms with Crippen molar-refractivity contribution in [2.24, 2.45) is 0 Å². The molecule has 3 aliphatic heterocycles. The summed E-state index contributed by atoms with van der Waals surface area (Å²) < 4.78 is 31.2. The molecule has 3 aliphatic rings. The number of hydrogen-bond donors (Lipinski definition) is 0. The molecule has 0 unspecified atom stereocenters. The van der Waals surface area contributed by atoms with Gasteiger partial charge in [-0.1, -0.05) is 48.5 Å². The van der Waals surface area contributed by atoms with Crippen LogP contribution < -0.4 is 0 Å². The smallest absolute Gasteiger partial charge is 0.222 e. The lowest BCUT2D eigenvalue weighted by Gasteiger charge is -2.28. The molecule has 178 valence electrons. The molecule has 3 fully saturated rings. The molecule has 0 spiro atoms. The van der Waals surface area contributed by atoms with Crippen LogP contribution in [-0.2, 0) is 23.7 Å². The van der Waals surface area contributed by atoms with Crippen molar-refractivity contribution in [1.29, 1.82) is 0 Å². The van der Waals surface area contributed by atoms with Crippen LogP contribution >= 0.6 is 0 Å².